The number of aromatic amines is 1. The van der Waals surface area contributed by atoms with Gasteiger partial charge in [0.1, 0.15) is 0 Å². The lowest BCUT2D eigenvalue weighted by atomic mass is 9.87. The highest BCUT2D eigenvalue weighted by Crippen LogP contribution is 2.41. The van der Waals surface area contributed by atoms with Crippen LogP contribution in [0.1, 0.15) is 30.7 Å². The summed E-state index contributed by atoms with van der Waals surface area (Å²) in [7, 11) is 0. The van der Waals surface area contributed by atoms with Crippen molar-refractivity contribution in [1.82, 2.24) is 10.2 Å². The Labute approximate surface area is 98.6 Å². The fraction of sp³-hybridized carbons (Fsp3) is 0.385. The molecule has 0 saturated heterocycles. The van der Waals surface area contributed by atoms with Crippen LogP contribution < -0.4 is 0 Å². The van der Waals surface area contributed by atoms with Gasteiger partial charge in [-0.3, -0.25) is 9.89 Å². The van der Waals surface area contributed by atoms with Gasteiger partial charge in [0.2, 0.25) is 0 Å². The van der Waals surface area contributed by atoms with E-state index >= 15 is 0 Å². The zero-order valence-electron chi connectivity index (χ0n) is 9.39. The number of aliphatic carboxylic acids is 1. The zero-order chi connectivity index (χ0) is 11.8. The van der Waals surface area contributed by atoms with Gasteiger partial charge in [-0.25, -0.2) is 0 Å². The first kappa shape index (κ1) is 10.3. The third kappa shape index (κ3) is 1.60. The second-order valence-electron chi connectivity index (χ2n) is 4.66. The molecular weight excluding hydrogens is 216 g/mol. The first-order chi connectivity index (χ1) is 8.27. The highest BCUT2D eigenvalue weighted by atomic mass is 16.4. The zero-order valence-corrected chi connectivity index (χ0v) is 9.39. The number of rotatable bonds is 2. The molecule has 2 atom stereocenters. The number of aromatic nitrogens is 2. The van der Waals surface area contributed by atoms with Crippen LogP contribution in [0.2, 0.25) is 0 Å². The molecule has 1 saturated carbocycles. The van der Waals surface area contributed by atoms with Gasteiger partial charge in [0.25, 0.3) is 0 Å². The molecule has 88 valence electrons. The molecular formula is C13H14N2O2. The molecule has 0 amide bonds. The van der Waals surface area contributed by atoms with Crippen molar-refractivity contribution >= 4 is 16.9 Å². The lowest BCUT2D eigenvalue weighted by Gasteiger charge is -2.16. The molecule has 1 aliphatic rings. The summed E-state index contributed by atoms with van der Waals surface area (Å²) < 4.78 is 0. The minimum Gasteiger partial charge on any atom is -0.481 e. The smallest absolute Gasteiger partial charge is 0.307 e. The van der Waals surface area contributed by atoms with Crippen molar-refractivity contribution in [3.8, 4) is 0 Å². The Morgan fingerprint density at radius 1 is 1.41 bits per heavy atom. The second-order valence-corrected chi connectivity index (χ2v) is 4.66. The van der Waals surface area contributed by atoms with Crippen molar-refractivity contribution in [2.24, 2.45) is 5.92 Å². The van der Waals surface area contributed by atoms with E-state index in [4.69, 9.17) is 0 Å². The highest BCUT2D eigenvalue weighted by molar-refractivity contribution is 5.83. The molecule has 0 aliphatic heterocycles. The minimum absolute atomic E-state index is 0.133. The monoisotopic (exact) mass is 230 g/mol. The molecule has 2 N–H and O–H groups in total. The van der Waals surface area contributed by atoms with Gasteiger partial charge in [-0.15, -0.1) is 0 Å². The summed E-state index contributed by atoms with van der Waals surface area (Å²) >= 11 is 0. The topological polar surface area (TPSA) is 66.0 Å². The van der Waals surface area contributed by atoms with Gasteiger partial charge in [-0.1, -0.05) is 18.6 Å². The Morgan fingerprint density at radius 2 is 2.29 bits per heavy atom. The van der Waals surface area contributed by atoms with E-state index in [0.717, 1.165) is 35.7 Å². The number of fused-ring (bicyclic) bond motifs is 1. The largest absolute Gasteiger partial charge is 0.481 e. The van der Waals surface area contributed by atoms with Crippen LogP contribution in [0.4, 0.5) is 0 Å². The quantitative estimate of drug-likeness (QED) is 0.833. The summed E-state index contributed by atoms with van der Waals surface area (Å²) in [5.74, 6) is -0.780. The molecule has 1 fully saturated rings. The standard InChI is InChI=1S/C13H14N2O2/c16-13(17)10-5-1-3-8(10)9-4-2-6-12-11(9)7-14-15-12/h2,4,6-8,10H,1,3,5H2,(H,14,15)(H,16,17)/t8-,10-/m1/s1. The normalized spacial score (nSPS) is 24.2. The summed E-state index contributed by atoms with van der Waals surface area (Å²) in [6, 6.07) is 5.97. The van der Waals surface area contributed by atoms with Gasteiger partial charge in [0.15, 0.2) is 0 Å². The number of nitrogens with zero attached hydrogens (tertiary/aromatic N) is 1. The van der Waals surface area contributed by atoms with E-state index in [1.165, 1.54) is 0 Å². The summed E-state index contributed by atoms with van der Waals surface area (Å²) in [6.45, 7) is 0. The number of H-pyrrole nitrogens is 1. The maximum Gasteiger partial charge on any atom is 0.307 e. The summed E-state index contributed by atoms with van der Waals surface area (Å²) in [6.07, 6.45) is 4.53. The van der Waals surface area contributed by atoms with Gasteiger partial charge >= 0.3 is 5.97 Å². The molecule has 1 heterocycles. The molecule has 3 rings (SSSR count). The first-order valence-corrected chi connectivity index (χ1v) is 5.92. The van der Waals surface area contributed by atoms with Crippen molar-refractivity contribution in [3.63, 3.8) is 0 Å². The van der Waals surface area contributed by atoms with Gasteiger partial charge in [-0.2, -0.15) is 5.10 Å². The molecule has 4 nitrogen and oxygen atoms in total. The third-order valence-electron chi connectivity index (χ3n) is 3.75. The van der Waals surface area contributed by atoms with Gasteiger partial charge in [-0.05, 0) is 30.4 Å². The highest BCUT2D eigenvalue weighted by Gasteiger charge is 2.34. The first-order valence-electron chi connectivity index (χ1n) is 5.92. The number of carboxylic acid groups (broad SMARTS) is 1. The number of carboxylic acids is 1. The number of benzene rings is 1. The van der Waals surface area contributed by atoms with Crippen molar-refractivity contribution < 1.29 is 9.90 Å². The molecule has 1 aliphatic carbocycles. The molecule has 2 aromatic rings. The van der Waals surface area contributed by atoms with Crippen molar-refractivity contribution in [2.75, 3.05) is 0 Å². The van der Waals surface area contributed by atoms with Crippen molar-refractivity contribution in [2.45, 2.75) is 25.2 Å². The van der Waals surface area contributed by atoms with E-state index in [1.54, 1.807) is 6.20 Å². The van der Waals surface area contributed by atoms with Gasteiger partial charge in [0.05, 0.1) is 17.6 Å². The van der Waals surface area contributed by atoms with E-state index in [0.29, 0.717) is 0 Å². The number of hydrogen-bond acceptors (Lipinski definition) is 2. The average molecular weight is 230 g/mol. The Hall–Kier alpha value is -1.84. The minimum atomic E-state index is -0.673. The SMILES string of the molecule is O=C(O)[C@@H]1CCC[C@@H]1c1cccc2[nH]ncc12. The maximum absolute atomic E-state index is 11.2. The fourth-order valence-electron chi connectivity index (χ4n) is 2.94. The van der Waals surface area contributed by atoms with E-state index in [9.17, 15) is 9.90 Å². The van der Waals surface area contributed by atoms with Crippen LogP contribution in [0.5, 0.6) is 0 Å². The van der Waals surface area contributed by atoms with E-state index in [1.807, 2.05) is 18.2 Å². The van der Waals surface area contributed by atoms with E-state index < -0.39 is 5.97 Å². The van der Waals surface area contributed by atoms with Gasteiger partial charge < -0.3 is 5.11 Å². The predicted molar refractivity (Wildman–Crippen MR) is 63.8 cm³/mol. The molecule has 0 unspecified atom stereocenters. The van der Waals surface area contributed by atoms with Crippen LogP contribution in [0, 0.1) is 5.92 Å². The number of nitrogens with one attached hydrogen (secondary N) is 1. The molecule has 1 aromatic carbocycles. The van der Waals surface area contributed by atoms with Crippen LogP contribution in [-0.4, -0.2) is 21.3 Å². The molecule has 1 aromatic heterocycles. The Bertz CT molecular complexity index is 561. The molecule has 4 heteroatoms. The summed E-state index contributed by atoms with van der Waals surface area (Å²) in [4.78, 5) is 11.2. The molecule has 0 radical (unpaired) electrons. The molecule has 0 bridgehead atoms. The van der Waals surface area contributed by atoms with Gasteiger partial charge in [0, 0.05) is 5.39 Å². The van der Waals surface area contributed by atoms with Crippen LogP contribution in [0.25, 0.3) is 10.9 Å². The van der Waals surface area contributed by atoms with E-state index in [-0.39, 0.29) is 11.8 Å². The van der Waals surface area contributed by atoms with Crippen LogP contribution in [0.15, 0.2) is 24.4 Å². The van der Waals surface area contributed by atoms with E-state index in [2.05, 4.69) is 10.2 Å². The van der Waals surface area contributed by atoms with Crippen molar-refractivity contribution in [3.05, 3.63) is 30.0 Å². The maximum atomic E-state index is 11.2. The Morgan fingerprint density at radius 3 is 3.12 bits per heavy atom. The lowest BCUT2D eigenvalue weighted by Crippen LogP contribution is -2.16. The number of hydrogen-bond donors (Lipinski definition) is 2. The Balaban J connectivity index is 2.08. The fourth-order valence-corrected chi connectivity index (χ4v) is 2.94. The summed E-state index contributed by atoms with van der Waals surface area (Å²) in [5, 5.41) is 17.3. The number of carbonyl (C=O) groups is 1. The molecule has 0 spiro atoms. The third-order valence-corrected chi connectivity index (χ3v) is 3.75. The van der Waals surface area contributed by atoms with Crippen molar-refractivity contribution in [1.29, 1.82) is 0 Å². The second kappa shape index (κ2) is 3.87. The van der Waals surface area contributed by atoms with Crippen LogP contribution in [-0.2, 0) is 4.79 Å². The lowest BCUT2D eigenvalue weighted by molar-refractivity contribution is -0.141. The Kier molecular flexibility index (Phi) is 2.35. The van der Waals surface area contributed by atoms with Crippen LogP contribution in [0.3, 0.4) is 0 Å². The molecule has 17 heavy (non-hydrogen) atoms. The predicted octanol–water partition coefficient (Wildman–Crippen LogP) is 2.53. The average Bonchev–Trinajstić information content (AvgIpc) is 2.97. The summed E-state index contributed by atoms with van der Waals surface area (Å²) in [5.41, 5.74) is 2.11. The van der Waals surface area contributed by atoms with Crippen LogP contribution >= 0.6 is 0 Å².